The predicted molar refractivity (Wildman–Crippen MR) is 88.3 cm³/mol. The summed E-state index contributed by atoms with van der Waals surface area (Å²) in [6, 6.07) is 0. The topological polar surface area (TPSA) is 131 Å². The molecule has 4 aliphatic rings. The van der Waals surface area contributed by atoms with E-state index in [1.807, 2.05) is 0 Å². The molecule has 0 spiro atoms. The number of carbonyl (C=O) groups excluding carboxylic acids is 3. The van der Waals surface area contributed by atoms with Crippen LogP contribution in [-0.2, 0) is 33.2 Å². The zero-order valence-corrected chi connectivity index (χ0v) is 16.2. The van der Waals surface area contributed by atoms with Crippen molar-refractivity contribution in [3.8, 4) is 0 Å². The highest BCUT2D eigenvalue weighted by Gasteiger charge is 2.57. The number of rotatable bonds is 10. The van der Waals surface area contributed by atoms with Crippen molar-refractivity contribution in [1.29, 1.82) is 0 Å². The first-order chi connectivity index (χ1) is 13.5. The summed E-state index contributed by atoms with van der Waals surface area (Å²) >= 11 is -0.879. The Labute approximate surface area is 169 Å². The smallest absolute Gasteiger partial charge is 0.415 e. The molecular weight excluding hydrogens is 418 g/mol. The first-order valence-corrected chi connectivity index (χ1v) is 9.88. The van der Waals surface area contributed by atoms with Gasteiger partial charge in [-0.2, -0.15) is 13.1 Å². The minimum absolute atomic E-state index is 0.0927. The molecule has 4 aliphatic carbocycles. The molecule has 0 aromatic carbocycles. The molecule has 0 amide bonds. The van der Waals surface area contributed by atoms with Gasteiger partial charge in [0, 0.05) is 5.41 Å². The summed E-state index contributed by atoms with van der Waals surface area (Å²) in [5.74, 6) is -3.07. The maximum absolute atomic E-state index is 13.1. The number of esters is 2. The van der Waals surface area contributed by atoms with Gasteiger partial charge in [-0.25, -0.2) is 4.79 Å². The number of Topliss-reactive ketones (excluding diaryl/α,β-unsaturated/α-hetero) is 1. The van der Waals surface area contributed by atoms with Crippen LogP contribution in [0.15, 0.2) is 0 Å². The lowest BCUT2D eigenvalue weighted by Crippen LogP contribution is -2.57. The summed E-state index contributed by atoms with van der Waals surface area (Å²) in [6.45, 7) is -0.965. The lowest BCUT2D eigenvalue weighted by Gasteiger charge is -2.59. The molecule has 9 nitrogen and oxygen atoms in total. The van der Waals surface area contributed by atoms with Gasteiger partial charge in [-0.1, -0.05) is 0 Å². The minimum atomic E-state index is -4.26. The molecule has 0 heterocycles. The van der Waals surface area contributed by atoms with Gasteiger partial charge >= 0.3 is 17.2 Å². The lowest BCUT2D eigenvalue weighted by atomic mass is 9.48. The molecule has 0 aliphatic heterocycles. The predicted octanol–water partition coefficient (Wildman–Crippen LogP) is 0.828. The van der Waals surface area contributed by atoms with Crippen LogP contribution in [0.4, 0.5) is 8.78 Å². The lowest BCUT2D eigenvalue weighted by molar-refractivity contribution is -0.777. The van der Waals surface area contributed by atoms with Crippen molar-refractivity contribution in [2.24, 2.45) is 17.3 Å². The van der Waals surface area contributed by atoms with E-state index in [0.29, 0.717) is 18.3 Å². The van der Waals surface area contributed by atoms with Gasteiger partial charge in [0.25, 0.3) is 0 Å². The Bertz CT molecular complexity index is 657. The summed E-state index contributed by atoms with van der Waals surface area (Å²) in [7, 11) is 0. The Morgan fingerprint density at radius 2 is 1.79 bits per heavy atom. The molecule has 12 heteroatoms. The second-order valence-electron chi connectivity index (χ2n) is 8.37. The van der Waals surface area contributed by atoms with E-state index in [0.717, 1.165) is 32.1 Å². The average Bonchev–Trinajstić information content (AvgIpc) is 2.61. The first kappa shape index (κ1) is 22.3. The average molecular weight is 439 g/mol. The molecule has 0 aromatic rings. The van der Waals surface area contributed by atoms with Gasteiger partial charge in [0.05, 0.1) is 12.2 Å². The van der Waals surface area contributed by atoms with Crippen LogP contribution in [-0.4, -0.2) is 46.9 Å². The van der Waals surface area contributed by atoms with Crippen molar-refractivity contribution >= 4 is 29.8 Å². The molecule has 4 saturated carbocycles. The molecule has 0 saturated heterocycles. The highest BCUT2D eigenvalue weighted by atomic mass is 32.2. The molecule has 0 radical (unpaired) electrons. The third-order valence-electron chi connectivity index (χ3n) is 5.80. The van der Waals surface area contributed by atoms with E-state index in [-0.39, 0.29) is 12.0 Å². The number of aliphatic hydroxyl groups is 1. The first-order valence-electron chi connectivity index (χ1n) is 9.14. The number of hydrogen-bond donors (Lipinski definition) is 1. The molecular formula is C17H21F2O9S-. The van der Waals surface area contributed by atoms with Gasteiger partial charge in [-0.15, -0.1) is 0 Å². The summed E-state index contributed by atoms with van der Waals surface area (Å²) in [6.07, 6.45) is 4.19. The van der Waals surface area contributed by atoms with Crippen molar-refractivity contribution in [2.75, 3.05) is 13.2 Å². The molecule has 29 heavy (non-hydrogen) atoms. The van der Waals surface area contributed by atoms with Gasteiger partial charge in [-0.05, 0) is 50.4 Å². The van der Waals surface area contributed by atoms with E-state index in [4.69, 9.17) is 4.74 Å². The van der Waals surface area contributed by atoms with E-state index < -0.39 is 53.6 Å². The number of hydrogen-bond acceptors (Lipinski definition) is 10. The Hall–Kier alpha value is -1.34. The van der Waals surface area contributed by atoms with Crippen molar-refractivity contribution in [2.45, 2.75) is 55.8 Å². The zero-order valence-electron chi connectivity index (χ0n) is 15.4. The van der Waals surface area contributed by atoms with Crippen LogP contribution in [0.2, 0.25) is 0 Å². The fraction of sp³-hybridized carbons (Fsp3) is 0.824. The van der Waals surface area contributed by atoms with Crippen LogP contribution < -0.4 is 5.26 Å². The number of ketones is 1. The molecule has 4 rings (SSSR count). The van der Waals surface area contributed by atoms with E-state index in [9.17, 15) is 33.5 Å². The van der Waals surface area contributed by atoms with Crippen molar-refractivity contribution < 1.29 is 52.4 Å². The van der Waals surface area contributed by atoms with Crippen LogP contribution >= 0.6 is 12.0 Å². The van der Waals surface area contributed by atoms with Gasteiger partial charge < -0.3 is 19.8 Å². The highest BCUT2D eigenvalue weighted by molar-refractivity contribution is 7.96. The third kappa shape index (κ3) is 5.43. The minimum Gasteiger partial charge on any atom is -0.691 e. The monoisotopic (exact) mass is 439 g/mol. The van der Waals surface area contributed by atoms with Gasteiger partial charge in [0.2, 0.25) is 0 Å². The van der Waals surface area contributed by atoms with E-state index in [1.54, 1.807) is 0 Å². The van der Waals surface area contributed by atoms with Crippen LogP contribution in [0.5, 0.6) is 0 Å². The number of ether oxygens (including phenoxy) is 2. The van der Waals surface area contributed by atoms with E-state index in [2.05, 4.69) is 14.1 Å². The van der Waals surface area contributed by atoms with Crippen LogP contribution in [0.1, 0.15) is 44.9 Å². The van der Waals surface area contributed by atoms with Gasteiger partial charge in [0.1, 0.15) is 18.5 Å². The van der Waals surface area contributed by atoms with Crippen molar-refractivity contribution in [3.63, 3.8) is 0 Å². The second kappa shape index (κ2) is 8.42. The quantitative estimate of drug-likeness (QED) is 0.172. The molecule has 4 bridgehead atoms. The summed E-state index contributed by atoms with van der Waals surface area (Å²) < 4.78 is 39.0. The fourth-order valence-corrected chi connectivity index (χ4v) is 5.63. The van der Waals surface area contributed by atoms with Gasteiger partial charge in [-0.3, -0.25) is 14.6 Å². The maximum atomic E-state index is 13.1. The van der Waals surface area contributed by atoms with Crippen LogP contribution in [0.25, 0.3) is 0 Å². The summed E-state index contributed by atoms with van der Waals surface area (Å²) in [4.78, 5) is 34.8. The molecule has 0 aromatic heterocycles. The maximum Gasteiger partial charge on any atom is 0.415 e. The SMILES string of the molecule is O=C(COC(=O)C(F)(F)SOO[O-])CC(=O)OCC12CC3CC(CC(O)(C3)C1)C2. The number of alkyl halides is 2. The van der Waals surface area contributed by atoms with Crippen LogP contribution in [0, 0.1) is 17.3 Å². The van der Waals surface area contributed by atoms with Crippen molar-refractivity contribution in [1.82, 2.24) is 0 Å². The van der Waals surface area contributed by atoms with E-state index >= 15 is 0 Å². The summed E-state index contributed by atoms with van der Waals surface area (Å²) in [5, 5.41) is 18.6. The largest absolute Gasteiger partial charge is 0.691 e. The molecule has 2 atom stereocenters. The van der Waals surface area contributed by atoms with Gasteiger partial charge in [0.15, 0.2) is 12.4 Å². The third-order valence-corrected chi connectivity index (χ3v) is 6.30. The molecule has 1 N–H and O–H groups in total. The number of halogens is 2. The number of carbonyl (C=O) groups is 3. The zero-order chi connectivity index (χ0) is 21.3. The molecule has 2 unspecified atom stereocenters. The Morgan fingerprint density at radius 3 is 2.38 bits per heavy atom. The Morgan fingerprint density at radius 1 is 1.14 bits per heavy atom. The fourth-order valence-electron chi connectivity index (χ4n) is 5.39. The second-order valence-corrected chi connectivity index (χ2v) is 9.19. The van der Waals surface area contributed by atoms with Crippen LogP contribution in [0.3, 0.4) is 0 Å². The standard InChI is InChI=1S/C17H22F2O9S/c18-17(19,29-28-27-24)14(22)25-7-12(20)2-13(21)26-9-15-3-10-1-11(4-15)6-16(23,5-10)8-15/h10-11,23-24H,1-9H2/p-1. The Kier molecular flexibility index (Phi) is 6.49. The summed E-state index contributed by atoms with van der Waals surface area (Å²) in [5.41, 5.74) is -0.989. The molecule has 4 fully saturated rings. The normalized spacial score (nSPS) is 32.8. The molecule has 164 valence electrons. The van der Waals surface area contributed by atoms with Crippen molar-refractivity contribution in [3.05, 3.63) is 0 Å². The highest BCUT2D eigenvalue weighted by Crippen LogP contribution is 2.61. The Balaban J connectivity index is 1.41. The van der Waals surface area contributed by atoms with E-state index in [1.165, 1.54) is 0 Å².